The lowest BCUT2D eigenvalue weighted by Crippen LogP contribution is -2.37. The Kier molecular flexibility index (Phi) is 5.30. The maximum Gasteiger partial charge on any atom is 0.357 e. The van der Waals surface area contributed by atoms with Gasteiger partial charge in [-0.2, -0.15) is 9.38 Å². The van der Waals surface area contributed by atoms with Crippen LogP contribution in [-0.2, 0) is 16.0 Å². The van der Waals surface area contributed by atoms with E-state index in [-0.39, 0.29) is 24.2 Å². The van der Waals surface area contributed by atoms with Gasteiger partial charge in [0.15, 0.2) is 23.1 Å². The largest absolute Gasteiger partial charge is 0.481 e. The molecule has 0 amide bonds. The standard InChI is InChI=1S/C18H19N5O7/c24-6-10-13(27)14(28)18(30-10)22-15-12-16(20-7-19-15)23-5-8(2-4-11(25)26)1-3-9(23)17(29)21-12/h1,3,5,7,10,13-14,18,24,27-28H,2,4,6H2,(H2,25,26,29)/p+1/t10-,13-,14-,18?/m1/s1. The average molecular weight is 418 g/mol. The number of ether oxygens (including phenoxy) is 1. The molecule has 3 aromatic rings. The Labute approximate surface area is 168 Å². The van der Waals surface area contributed by atoms with Crippen molar-refractivity contribution in [2.45, 2.75) is 37.4 Å². The molecule has 0 saturated carbocycles. The van der Waals surface area contributed by atoms with Crippen LogP contribution in [0.15, 0.2) is 29.5 Å². The smallest absolute Gasteiger partial charge is 0.357 e. The van der Waals surface area contributed by atoms with E-state index in [1.54, 1.807) is 18.3 Å². The van der Waals surface area contributed by atoms with Crippen LogP contribution in [0, 0.1) is 0 Å². The van der Waals surface area contributed by atoms with Gasteiger partial charge in [-0.1, -0.05) is 6.07 Å². The SMILES string of the molecule is O=C(O)CCc1ccc2c(=O)[nH]c3c(NC4O[C@H](CO)[C@@H](O)[C@H]4O)ncnc3[n+]2c1. The molecule has 158 valence electrons. The molecule has 3 aromatic heterocycles. The lowest BCUT2D eigenvalue weighted by Gasteiger charge is -2.16. The van der Waals surface area contributed by atoms with Crippen LogP contribution in [0.2, 0.25) is 0 Å². The van der Waals surface area contributed by atoms with E-state index in [0.717, 1.165) is 0 Å². The first-order valence-corrected chi connectivity index (χ1v) is 9.21. The minimum atomic E-state index is -1.32. The molecule has 6 N–H and O–H groups in total. The molecule has 0 radical (unpaired) electrons. The first-order valence-electron chi connectivity index (χ1n) is 9.21. The number of aliphatic carboxylic acids is 1. The zero-order valence-electron chi connectivity index (χ0n) is 15.6. The summed E-state index contributed by atoms with van der Waals surface area (Å²) >= 11 is 0. The van der Waals surface area contributed by atoms with Crippen molar-refractivity contribution in [3.63, 3.8) is 0 Å². The van der Waals surface area contributed by atoms with Crippen molar-refractivity contribution in [1.82, 2.24) is 15.0 Å². The van der Waals surface area contributed by atoms with Crippen molar-refractivity contribution in [1.29, 1.82) is 0 Å². The van der Waals surface area contributed by atoms with Crippen LogP contribution in [0.4, 0.5) is 5.82 Å². The number of carbonyl (C=O) groups is 1. The number of carboxylic acid groups (broad SMARTS) is 1. The predicted molar refractivity (Wildman–Crippen MR) is 101 cm³/mol. The Balaban J connectivity index is 1.76. The molecular formula is C18H20N5O7+. The molecule has 1 unspecified atom stereocenters. The van der Waals surface area contributed by atoms with Gasteiger partial charge in [0.2, 0.25) is 6.33 Å². The van der Waals surface area contributed by atoms with E-state index in [2.05, 4.69) is 20.3 Å². The molecule has 0 aliphatic carbocycles. The molecule has 0 spiro atoms. The summed E-state index contributed by atoms with van der Waals surface area (Å²) in [5, 5.41) is 41.0. The highest BCUT2D eigenvalue weighted by atomic mass is 16.6. The number of pyridine rings is 1. The van der Waals surface area contributed by atoms with Crippen molar-refractivity contribution in [3.8, 4) is 0 Å². The Morgan fingerprint density at radius 3 is 2.77 bits per heavy atom. The van der Waals surface area contributed by atoms with Gasteiger partial charge in [0.05, 0.1) is 6.61 Å². The topological polar surface area (TPSA) is 182 Å². The molecule has 1 fully saturated rings. The molecule has 30 heavy (non-hydrogen) atoms. The third-order valence-electron chi connectivity index (χ3n) is 4.99. The molecule has 1 aliphatic rings. The van der Waals surface area contributed by atoms with Gasteiger partial charge in [0, 0.05) is 6.42 Å². The summed E-state index contributed by atoms with van der Waals surface area (Å²) in [5.41, 5.74) is 1.16. The van der Waals surface area contributed by atoms with Crippen LogP contribution >= 0.6 is 0 Å². The molecule has 4 heterocycles. The molecule has 0 aromatic carbocycles. The van der Waals surface area contributed by atoms with Crippen LogP contribution in [0.25, 0.3) is 16.7 Å². The van der Waals surface area contributed by atoms with E-state index in [4.69, 9.17) is 9.84 Å². The number of H-pyrrole nitrogens is 1. The van der Waals surface area contributed by atoms with Crippen LogP contribution in [0.1, 0.15) is 12.0 Å². The minimum Gasteiger partial charge on any atom is -0.481 e. The fraction of sp³-hybridized carbons (Fsp3) is 0.389. The number of hydrogen-bond acceptors (Lipinski definition) is 9. The summed E-state index contributed by atoms with van der Waals surface area (Å²) in [5.74, 6) is -0.777. The van der Waals surface area contributed by atoms with Gasteiger partial charge in [-0.15, -0.1) is 0 Å². The molecule has 12 nitrogen and oxygen atoms in total. The number of aliphatic hydroxyl groups excluding tert-OH is 3. The number of nitrogens with one attached hydrogen (secondary N) is 2. The van der Waals surface area contributed by atoms with E-state index in [1.165, 1.54) is 10.7 Å². The highest BCUT2D eigenvalue weighted by molar-refractivity contribution is 5.80. The summed E-state index contributed by atoms with van der Waals surface area (Å²) in [4.78, 5) is 34.4. The summed E-state index contributed by atoms with van der Waals surface area (Å²) in [6.07, 6.45) is -1.52. The molecule has 1 aliphatic heterocycles. The van der Waals surface area contributed by atoms with E-state index < -0.39 is 42.7 Å². The Morgan fingerprint density at radius 1 is 1.27 bits per heavy atom. The molecular weight excluding hydrogens is 398 g/mol. The van der Waals surface area contributed by atoms with Gasteiger partial charge >= 0.3 is 11.6 Å². The number of fused-ring (bicyclic) bond motifs is 3. The fourth-order valence-corrected chi connectivity index (χ4v) is 3.42. The maximum absolute atomic E-state index is 12.6. The number of anilines is 1. The van der Waals surface area contributed by atoms with E-state index in [9.17, 15) is 24.9 Å². The number of nitrogens with zero attached hydrogens (tertiary/aromatic N) is 3. The first-order chi connectivity index (χ1) is 14.4. The van der Waals surface area contributed by atoms with Gasteiger partial charge in [0.1, 0.15) is 24.5 Å². The van der Waals surface area contributed by atoms with Crippen molar-refractivity contribution in [2.24, 2.45) is 0 Å². The number of carboxylic acids is 1. The molecule has 1 saturated heterocycles. The van der Waals surface area contributed by atoms with E-state index in [0.29, 0.717) is 16.7 Å². The quantitative estimate of drug-likeness (QED) is 0.192. The van der Waals surface area contributed by atoms with Crippen molar-refractivity contribution < 1.29 is 34.4 Å². The highest BCUT2D eigenvalue weighted by Gasteiger charge is 2.42. The summed E-state index contributed by atoms with van der Waals surface area (Å²) in [6, 6.07) is 3.26. The summed E-state index contributed by atoms with van der Waals surface area (Å²) in [6.45, 7) is -0.475. The lowest BCUT2D eigenvalue weighted by molar-refractivity contribution is -0.485. The lowest BCUT2D eigenvalue weighted by atomic mass is 10.1. The second kappa shape index (κ2) is 7.91. The Morgan fingerprint density at radius 2 is 2.07 bits per heavy atom. The molecule has 4 atom stereocenters. The predicted octanol–water partition coefficient (Wildman–Crippen LogP) is -2.08. The Hall–Kier alpha value is -3.19. The normalized spacial score (nSPS) is 23.8. The minimum absolute atomic E-state index is 0.0553. The van der Waals surface area contributed by atoms with Gasteiger partial charge in [-0.25, -0.2) is 0 Å². The molecule has 12 heteroatoms. The number of aryl methyl sites for hydroxylation is 1. The Bertz CT molecular complexity index is 1170. The van der Waals surface area contributed by atoms with Gasteiger partial charge in [-0.05, 0) is 23.0 Å². The van der Waals surface area contributed by atoms with Crippen LogP contribution in [-0.4, -0.2) is 72.5 Å². The number of aliphatic hydroxyl groups is 3. The fourth-order valence-electron chi connectivity index (χ4n) is 3.42. The second-order valence-electron chi connectivity index (χ2n) is 6.96. The number of aromatic amines is 1. The van der Waals surface area contributed by atoms with Crippen LogP contribution in [0.5, 0.6) is 0 Å². The third-order valence-corrected chi connectivity index (χ3v) is 4.99. The first kappa shape index (κ1) is 20.1. The highest BCUT2D eigenvalue weighted by Crippen LogP contribution is 2.24. The van der Waals surface area contributed by atoms with Gasteiger partial charge in [0.25, 0.3) is 5.56 Å². The van der Waals surface area contributed by atoms with Gasteiger partial charge < -0.3 is 35.5 Å². The average Bonchev–Trinajstić information content (AvgIpc) is 3.00. The van der Waals surface area contributed by atoms with Crippen molar-refractivity contribution >= 4 is 28.5 Å². The van der Waals surface area contributed by atoms with Crippen LogP contribution < -0.4 is 15.3 Å². The van der Waals surface area contributed by atoms with Crippen molar-refractivity contribution in [3.05, 3.63) is 40.6 Å². The summed E-state index contributed by atoms with van der Waals surface area (Å²) < 4.78 is 6.94. The van der Waals surface area contributed by atoms with Crippen LogP contribution in [0.3, 0.4) is 0 Å². The van der Waals surface area contributed by atoms with E-state index in [1.807, 2.05) is 0 Å². The third kappa shape index (κ3) is 3.57. The van der Waals surface area contributed by atoms with E-state index >= 15 is 0 Å². The molecule has 0 bridgehead atoms. The maximum atomic E-state index is 12.6. The second-order valence-corrected chi connectivity index (χ2v) is 6.96. The monoisotopic (exact) mass is 418 g/mol. The number of aromatic nitrogens is 4. The van der Waals surface area contributed by atoms with Crippen molar-refractivity contribution in [2.75, 3.05) is 11.9 Å². The number of rotatable bonds is 6. The molecule has 4 rings (SSSR count). The zero-order valence-corrected chi connectivity index (χ0v) is 15.6. The summed E-state index contributed by atoms with van der Waals surface area (Å²) in [7, 11) is 0. The number of hydrogen-bond donors (Lipinski definition) is 6. The zero-order chi connectivity index (χ0) is 21.4. The van der Waals surface area contributed by atoms with Gasteiger partial charge in [-0.3, -0.25) is 9.59 Å².